The minimum atomic E-state index is -1.11. The number of esters is 1. The summed E-state index contributed by atoms with van der Waals surface area (Å²) in [6, 6.07) is 4.00. The Kier molecular flexibility index (Phi) is 4.11. The summed E-state index contributed by atoms with van der Waals surface area (Å²) in [6.45, 7) is 3.78. The van der Waals surface area contributed by atoms with Gasteiger partial charge in [0.05, 0.1) is 0 Å². The Labute approximate surface area is 121 Å². The van der Waals surface area contributed by atoms with Crippen molar-refractivity contribution in [2.75, 3.05) is 13.1 Å². The number of phenolic OH excluding ortho intramolecular Hbond substituents is 1. The molecule has 0 aromatic heterocycles. The number of rotatable bonds is 3. The van der Waals surface area contributed by atoms with Crippen molar-refractivity contribution in [2.45, 2.75) is 20.0 Å². The highest BCUT2D eigenvalue weighted by molar-refractivity contribution is 6.00. The molecule has 2 rings (SSSR count). The molecule has 7 nitrogen and oxygen atoms in total. The van der Waals surface area contributed by atoms with Crippen molar-refractivity contribution < 1.29 is 24.2 Å². The first-order chi connectivity index (χ1) is 9.90. The maximum absolute atomic E-state index is 12.0. The molecule has 1 fully saturated rings. The second-order valence-electron chi connectivity index (χ2n) is 4.79. The van der Waals surface area contributed by atoms with Crippen LogP contribution >= 0.6 is 0 Å². The normalized spacial score (nSPS) is 15.5. The molecule has 1 aliphatic heterocycles. The van der Waals surface area contributed by atoms with Gasteiger partial charge in [-0.1, -0.05) is 6.07 Å². The summed E-state index contributed by atoms with van der Waals surface area (Å²) in [4.78, 5) is 36.3. The number of aryl methyl sites for hydroxylation is 1. The number of carbonyl (C=O) groups is 3. The standard InChI is InChI=1S/C14H16N2O5/c1-8-3-4-10(11(17)7-8)13(19)21-9(2)12(18)16-6-5-15-14(16)20/h3-4,7,9,17H,5-6H2,1-2H3,(H,15,20)/t9-/m0/s1. The predicted octanol–water partition coefficient (Wildman–Crippen LogP) is 0.798. The molecule has 0 unspecified atom stereocenters. The maximum Gasteiger partial charge on any atom is 0.342 e. The minimum Gasteiger partial charge on any atom is -0.507 e. The van der Waals surface area contributed by atoms with Gasteiger partial charge in [0.2, 0.25) is 0 Å². The molecular weight excluding hydrogens is 276 g/mol. The van der Waals surface area contributed by atoms with Crippen LogP contribution in [0, 0.1) is 6.92 Å². The molecule has 1 aromatic rings. The van der Waals surface area contributed by atoms with Gasteiger partial charge >= 0.3 is 12.0 Å². The molecule has 0 saturated carbocycles. The van der Waals surface area contributed by atoms with Gasteiger partial charge in [0.15, 0.2) is 6.10 Å². The summed E-state index contributed by atoms with van der Waals surface area (Å²) < 4.78 is 5.01. The van der Waals surface area contributed by atoms with E-state index in [1.807, 2.05) is 0 Å². The van der Waals surface area contributed by atoms with Gasteiger partial charge in [0.25, 0.3) is 5.91 Å². The highest BCUT2D eigenvalue weighted by Crippen LogP contribution is 2.20. The van der Waals surface area contributed by atoms with E-state index in [2.05, 4.69) is 5.32 Å². The number of hydrogen-bond donors (Lipinski definition) is 2. The van der Waals surface area contributed by atoms with Crippen LogP contribution < -0.4 is 5.32 Å². The van der Waals surface area contributed by atoms with E-state index in [-0.39, 0.29) is 17.9 Å². The van der Waals surface area contributed by atoms with E-state index in [1.165, 1.54) is 19.1 Å². The van der Waals surface area contributed by atoms with Crippen molar-refractivity contribution in [3.8, 4) is 5.75 Å². The molecule has 1 heterocycles. The fourth-order valence-corrected chi connectivity index (χ4v) is 1.99. The van der Waals surface area contributed by atoms with E-state index in [4.69, 9.17) is 4.74 Å². The van der Waals surface area contributed by atoms with Crippen molar-refractivity contribution in [2.24, 2.45) is 0 Å². The number of phenols is 1. The van der Waals surface area contributed by atoms with E-state index in [0.717, 1.165) is 10.5 Å². The van der Waals surface area contributed by atoms with Gasteiger partial charge in [-0.05, 0) is 31.5 Å². The van der Waals surface area contributed by atoms with Crippen molar-refractivity contribution in [3.05, 3.63) is 29.3 Å². The van der Waals surface area contributed by atoms with Gasteiger partial charge < -0.3 is 15.2 Å². The molecule has 21 heavy (non-hydrogen) atoms. The fourth-order valence-electron chi connectivity index (χ4n) is 1.99. The number of hydrogen-bond acceptors (Lipinski definition) is 5. The van der Waals surface area contributed by atoms with Crippen molar-refractivity contribution in [3.63, 3.8) is 0 Å². The predicted molar refractivity (Wildman–Crippen MR) is 72.8 cm³/mol. The summed E-state index contributed by atoms with van der Waals surface area (Å²) in [5, 5.41) is 12.2. The van der Waals surface area contributed by atoms with Gasteiger partial charge in [-0.2, -0.15) is 0 Å². The average Bonchev–Trinajstić information content (AvgIpc) is 2.83. The van der Waals surface area contributed by atoms with Gasteiger partial charge in [-0.3, -0.25) is 9.69 Å². The molecule has 7 heteroatoms. The molecule has 1 aliphatic rings. The first-order valence-electron chi connectivity index (χ1n) is 6.50. The van der Waals surface area contributed by atoms with Crippen LogP contribution in [0.15, 0.2) is 18.2 Å². The van der Waals surface area contributed by atoms with Crippen LogP contribution in [0.2, 0.25) is 0 Å². The van der Waals surface area contributed by atoms with E-state index in [9.17, 15) is 19.5 Å². The molecule has 0 radical (unpaired) electrons. The minimum absolute atomic E-state index is 0.0221. The zero-order valence-corrected chi connectivity index (χ0v) is 11.8. The number of imide groups is 1. The molecular formula is C14H16N2O5. The summed E-state index contributed by atoms with van der Waals surface area (Å²) in [7, 11) is 0. The third-order valence-corrected chi connectivity index (χ3v) is 3.13. The average molecular weight is 292 g/mol. The molecule has 112 valence electrons. The van der Waals surface area contributed by atoms with Crippen molar-refractivity contribution in [1.29, 1.82) is 0 Å². The third kappa shape index (κ3) is 3.13. The molecule has 0 spiro atoms. The lowest BCUT2D eigenvalue weighted by Gasteiger charge is -2.18. The van der Waals surface area contributed by atoms with Gasteiger partial charge in [-0.25, -0.2) is 9.59 Å². The van der Waals surface area contributed by atoms with Gasteiger partial charge in [-0.15, -0.1) is 0 Å². The second-order valence-corrected chi connectivity index (χ2v) is 4.79. The van der Waals surface area contributed by atoms with E-state index in [1.54, 1.807) is 13.0 Å². The molecule has 3 amide bonds. The first-order valence-corrected chi connectivity index (χ1v) is 6.50. The van der Waals surface area contributed by atoms with Crippen molar-refractivity contribution in [1.82, 2.24) is 10.2 Å². The van der Waals surface area contributed by atoms with Gasteiger partial charge in [0.1, 0.15) is 11.3 Å². The fraction of sp³-hybridized carbons (Fsp3) is 0.357. The van der Waals surface area contributed by atoms with Crippen LogP contribution in [0.1, 0.15) is 22.8 Å². The molecule has 1 saturated heterocycles. The van der Waals surface area contributed by atoms with Crippen LogP contribution in [0.4, 0.5) is 4.79 Å². The van der Waals surface area contributed by atoms with E-state index in [0.29, 0.717) is 6.54 Å². The number of ether oxygens (including phenoxy) is 1. The summed E-state index contributed by atoms with van der Waals surface area (Å²) in [5.74, 6) is -1.61. The smallest absolute Gasteiger partial charge is 0.342 e. The number of benzene rings is 1. The lowest BCUT2D eigenvalue weighted by Crippen LogP contribution is -2.41. The van der Waals surface area contributed by atoms with Crippen LogP contribution in [0.3, 0.4) is 0 Å². The Hall–Kier alpha value is -2.57. The Balaban J connectivity index is 2.05. The number of nitrogens with zero attached hydrogens (tertiary/aromatic N) is 1. The summed E-state index contributed by atoms with van der Waals surface area (Å²) in [6.07, 6.45) is -1.11. The number of amides is 3. The van der Waals surface area contributed by atoms with Crippen LogP contribution in [-0.2, 0) is 9.53 Å². The highest BCUT2D eigenvalue weighted by atomic mass is 16.5. The lowest BCUT2D eigenvalue weighted by atomic mass is 10.1. The Morgan fingerprint density at radius 1 is 1.43 bits per heavy atom. The van der Waals surface area contributed by atoms with Crippen LogP contribution in [-0.4, -0.2) is 47.1 Å². The largest absolute Gasteiger partial charge is 0.507 e. The molecule has 1 atom stereocenters. The highest BCUT2D eigenvalue weighted by Gasteiger charge is 2.32. The molecule has 0 bridgehead atoms. The third-order valence-electron chi connectivity index (χ3n) is 3.13. The van der Waals surface area contributed by atoms with E-state index >= 15 is 0 Å². The monoisotopic (exact) mass is 292 g/mol. The Morgan fingerprint density at radius 2 is 2.14 bits per heavy atom. The second kappa shape index (κ2) is 5.82. The Bertz CT molecular complexity index is 599. The maximum atomic E-state index is 12.0. The summed E-state index contributed by atoms with van der Waals surface area (Å²) in [5.41, 5.74) is 0.771. The SMILES string of the molecule is Cc1ccc(C(=O)O[C@@H](C)C(=O)N2CCNC2=O)c(O)c1. The van der Waals surface area contributed by atoms with Crippen LogP contribution in [0.5, 0.6) is 5.75 Å². The number of aromatic hydroxyl groups is 1. The first kappa shape index (κ1) is 14.8. The number of nitrogens with one attached hydrogen (secondary N) is 1. The quantitative estimate of drug-likeness (QED) is 0.803. The number of urea groups is 1. The van der Waals surface area contributed by atoms with Crippen molar-refractivity contribution >= 4 is 17.9 Å². The molecule has 1 aromatic carbocycles. The van der Waals surface area contributed by atoms with E-state index < -0.39 is 24.0 Å². The zero-order valence-electron chi connectivity index (χ0n) is 11.8. The lowest BCUT2D eigenvalue weighted by molar-refractivity contribution is -0.136. The Morgan fingerprint density at radius 3 is 2.71 bits per heavy atom. The topological polar surface area (TPSA) is 95.9 Å². The molecule has 0 aliphatic carbocycles. The summed E-state index contributed by atoms with van der Waals surface area (Å²) >= 11 is 0. The number of carbonyl (C=O) groups excluding carboxylic acids is 3. The zero-order chi connectivity index (χ0) is 15.6. The van der Waals surface area contributed by atoms with Crippen LogP contribution in [0.25, 0.3) is 0 Å². The molecule has 2 N–H and O–H groups in total. The van der Waals surface area contributed by atoms with Gasteiger partial charge in [0, 0.05) is 13.1 Å².